The summed E-state index contributed by atoms with van der Waals surface area (Å²) in [7, 11) is 0. The lowest BCUT2D eigenvalue weighted by Crippen LogP contribution is -2.50. The maximum atomic E-state index is 12.8. The first-order valence-electron chi connectivity index (χ1n) is 9.44. The van der Waals surface area contributed by atoms with Crippen molar-refractivity contribution in [2.24, 2.45) is 0 Å². The molecule has 0 unspecified atom stereocenters. The first-order valence-corrected chi connectivity index (χ1v) is 10.3. The van der Waals surface area contributed by atoms with E-state index in [4.69, 9.17) is 0 Å². The monoisotopic (exact) mass is 393 g/mol. The molecule has 3 aromatic rings. The number of para-hydroxylation sites is 1. The number of aromatic nitrogens is 3. The Morgan fingerprint density at radius 2 is 1.64 bits per heavy atom. The molecule has 1 saturated heterocycles. The van der Waals surface area contributed by atoms with Crippen molar-refractivity contribution in [2.75, 3.05) is 31.1 Å². The van der Waals surface area contributed by atoms with Crippen LogP contribution in [0.1, 0.15) is 6.92 Å². The minimum absolute atomic E-state index is 0.142. The summed E-state index contributed by atoms with van der Waals surface area (Å²) in [4.78, 5) is 21.6. The van der Waals surface area contributed by atoms with E-state index in [-0.39, 0.29) is 11.2 Å². The van der Waals surface area contributed by atoms with Crippen LogP contribution in [0.3, 0.4) is 0 Å². The van der Waals surface area contributed by atoms with Crippen LogP contribution in [0.25, 0.3) is 11.4 Å². The molecule has 2 heterocycles. The minimum Gasteiger partial charge on any atom is -0.368 e. The Morgan fingerprint density at radius 1 is 1.00 bits per heavy atom. The number of anilines is 1. The minimum atomic E-state index is -0.220. The molecule has 2 aromatic carbocycles. The van der Waals surface area contributed by atoms with Gasteiger partial charge < -0.3 is 9.80 Å². The lowest BCUT2D eigenvalue weighted by Gasteiger charge is -2.37. The van der Waals surface area contributed by atoms with E-state index in [1.54, 1.807) is 0 Å². The van der Waals surface area contributed by atoms with Crippen LogP contribution in [-0.2, 0) is 4.79 Å². The molecule has 1 aliphatic rings. The fraction of sp³-hybridized carbons (Fsp3) is 0.286. The molecule has 1 aromatic heterocycles. The molecule has 0 aliphatic carbocycles. The number of thioether (sulfide) groups is 1. The van der Waals surface area contributed by atoms with Gasteiger partial charge in [-0.3, -0.25) is 9.89 Å². The Balaban J connectivity index is 1.32. The molecule has 1 atom stereocenters. The Hall–Kier alpha value is -2.80. The average Bonchev–Trinajstić information content (AvgIpc) is 3.23. The van der Waals surface area contributed by atoms with Gasteiger partial charge in [-0.15, -0.1) is 5.10 Å². The van der Waals surface area contributed by atoms with E-state index >= 15 is 0 Å². The third-order valence-electron chi connectivity index (χ3n) is 4.85. The molecule has 0 radical (unpaired) electrons. The molecular weight excluding hydrogens is 370 g/mol. The molecular formula is C21H23N5OS. The maximum absolute atomic E-state index is 12.8. The standard InChI is InChI=1S/C21H23N5OS/c1-16(28-21-22-19(23-24-21)17-8-4-2-5-9-17)20(27)26-14-12-25(13-15-26)18-10-6-3-7-11-18/h2-11,16H,12-15H2,1H3,(H,22,23,24)/t16-/m1/s1. The Kier molecular flexibility index (Phi) is 5.62. The van der Waals surface area contributed by atoms with Gasteiger partial charge in [0.05, 0.1) is 5.25 Å². The zero-order valence-electron chi connectivity index (χ0n) is 15.8. The number of piperazine rings is 1. The molecule has 28 heavy (non-hydrogen) atoms. The van der Waals surface area contributed by atoms with Crippen molar-refractivity contribution >= 4 is 23.4 Å². The van der Waals surface area contributed by atoms with E-state index in [1.165, 1.54) is 17.4 Å². The van der Waals surface area contributed by atoms with Crippen molar-refractivity contribution in [2.45, 2.75) is 17.3 Å². The highest BCUT2D eigenvalue weighted by Gasteiger charge is 2.26. The molecule has 1 amide bonds. The Morgan fingerprint density at radius 3 is 2.32 bits per heavy atom. The highest BCUT2D eigenvalue weighted by atomic mass is 32.2. The summed E-state index contributed by atoms with van der Waals surface area (Å²) in [6, 6.07) is 20.2. The molecule has 1 aliphatic heterocycles. The van der Waals surface area contributed by atoms with Gasteiger partial charge in [0, 0.05) is 37.4 Å². The van der Waals surface area contributed by atoms with Crippen LogP contribution in [0.5, 0.6) is 0 Å². The first kappa shape index (κ1) is 18.6. The lowest BCUT2D eigenvalue weighted by molar-refractivity contribution is -0.130. The van der Waals surface area contributed by atoms with Gasteiger partial charge in [-0.25, -0.2) is 4.98 Å². The molecule has 0 spiro atoms. The normalized spacial score (nSPS) is 15.5. The number of carbonyl (C=O) groups is 1. The van der Waals surface area contributed by atoms with Crippen molar-refractivity contribution in [3.63, 3.8) is 0 Å². The fourth-order valence-corrected chi connectivity index (χ4v) is 4.12. The molecule has 7 heteroatoms. The zero-order chi connectivity index (χ0) is 19.3. The van der Waals surface area contributed by atoms with E-state index in [1.807, 2.05) is 60.4 Å². The van der Waals surface area contributed by atoms with Gasteiger partial charge in [-0.05, 0) is 19.1 Å². The van der Waals surface area contributed by atoms with Crippen molar-refractivity contribution in [3.8, 4) is 11.4 Å². The van der Waals surface area contributed by atoms with Gasteiger partial charge in [-0.1, -0.05) is 60.3 Å². The fourth-order valence-electron chi connectivity index (χ4n) is 3.31. The number of aromatic amines is 1. The smallest absolute Gasteiger partial charge is 0.236 e. The highest BCUT2D eigenvalue weighted by Crippen LogP contribution is 2.24. The average molecular weight is 394 g/mol. The SMILES string of the molecule is C[C@@H](Sc1n[nH]c(-c2ccccc2)n1)C(=O)N1CCN(c2ccccc2)CC1. The summed E-state index contributed by atoms with van der Waals surface area (Å²) in [6.07, 6.45) is 0. The Labute approximate surface area is 169 Å². The molecule has 6 nitrogen and oxygen atoms in total. The molecule has 144 valence electrons. The number of amides is 1. The number of rotatable bonds is 5. The van der Waals surface area contributed by atoms with Gasteiger partial charge >= 0.3 is 0 Å². The van der Waals surface area contributed by atoms with Gasteiger partial charge in [0.25, 0.3) is 0 Å². The van der Waals surface area contributed by atoms with Crippen molar-refractivity contribution in [1.82, 2.24) is 20.1 Å². The van der Waals surface area contributed by atoms with Crippen LogP contribution in [-0.4, -0.2) is 57.4 Å². The quantitative estimate of drug-likeness (QED) is 0.674. The van der Waals surface area contributed by atoms with Crippen LogP contribution < -0.4 is 4.90 Å². The highest BCUT2D eigenvalue weighted by molar-refractivity contribution is 8.00. The van der Waals surface area contributed by atoms with Gasteiger partial charge in [0.1, 0.15) is 0 Å². The predicted octanol–water partition coefficient (Wildman–Crippen LogP) is 3.30. The number of nitrogens with one attached hydrogen (secondary N) is 1. The van der Waals surface area contributed by atoms with Crippen molar-refractivity contribution in [3.05, 3.63) is 60.7 Å². The van der Waals surface area contributed by atoms with Crippen molar-refractivity contribution in [1.29, 1.82) is 0 Å². The second-order valence-electron chi connectivity index (χ2n) is 6.74. The summed E-state index contributed by atoms with van der Waals surface area (Å²) < 4.78 is 0. The zero-order valence-corrected chi connectivity index (χ0v) is 16.6. The molecule has 1 N–H and O–H groups in total. The van der Waals surface area contributed by atoms with E-state index in [0.29, 0.717) is 5.16 Å². The number of nitrogens with zero attached hydrogens (tertiary/aromatic N) is 4. The molecule has 0 saturated carbocycles. The topological polar surface area (TPSA) is 65.1 Å². The number of carbonyl (C=O) groups excluding carboxylic acids is 1. The predicted molar refractivity (Wildman–Crippen MR) is 112 cm³/mol. The summed E-state index contributed by atoms with van der Waals surface area (Å²) in [5.41, 5.74) is 2.20. The van der Waals surface area contributed by atoms with Crippen LogP contribution >= 0.6 is 11.8 Å². The van der Waals surface area contributed by atoms with Crippen LogP contribution in [0.15, 0.2) is 65.8 Å². The number of hydrogen-bond acceptors (Lipinski definition) is 5. The number of hydrogen-bond donors (Lipinski definition) is 1. The number of H-pyrrole nitrogens is 1. The second-order valence-corrected chi connectivity index (χ2v) is 8.05. The van der Waals surface area contributed by atoms with Crippen LogP contribution in [0, 0.1) is 0 Å². The summed E-state index contributed by atoms with van der Waals surface area (Å²) in [5, 5.41) is 7.60. The van der Waals surface area contributed by atoms with E-state index in [0.717, 1.165) is 37.6 Å². The van der Waals surface area contributed by atoms with Crippen LogP contribution in [0.2, 0.25) is 0 Å². The lowest BCUT2D eigenvalue weighted by atomic mass is 10.2. The second kappa shape index (κ2) is 8.48. The van der Waals surface area contributed by atoms with Gasteiger partial charge in [0.2, 0.25) is 11.1 Å². The Bertz CT molecular complexity index is 907. The molecule has 0 bridgehead atoms. The van der Waals surface area contributed by atoms with Gasteiger partial charge in [-0.2, -0.15) is 0 Å². The van der Waals surface area contributed by atoms with Crippen LogP contribution in [0.4, 0.5) is 5.69 Å². The summed E-state index contributed by atoms with van der Waals surface area (Å²) >= 11 is 1.40. The summed E-state index contributed by atoms with van der Waals surface area (Å²) in [6.45, 7) is 5.11. The third kappa shape index (κ3) is 4.20. The molecule has 4 rings (SSSR count). The molecule has 1 fully saturated rings. The largest absolute Gasteiger partial charge is 0.368 e. The van der Waals surface area contributed by atoms with E-state index in [9.17, 15) is 4.79 Å². The third-order valence-corrected chi connectivity index (χ3v) is 5.80. The van der Waals surface area contributed by atoms with Gasteiger partial charge in [0.15, 0.2) is 5.82 Å². The van der Waals surface area contributed by atoms with Crippen molar-refractivity contribution < 1.29 is 4.79 Å². The van der Waals surface area contributed by atoms with E-state index in [2.05, 4.69) is 32.2 Å². The summed E-state index contributed by atoms with van der Waals surface area (Å²) in [5.74, 6) is 0.864. The van der Waals surface area contributed by atoms with E-state index < -0.39 is 0 Å². The number of benzene rings is 2. The first-order chi connectivity index (χ1) is 13.7. The maximum Gasteiger partial charge on any atom is 0.236 e.